The number of rotatable bonds is 3. The van der Waals surface area contributed by atoms with Crippen LogP contribution in [0, 0.1) is 18.3 Å². The van der Waals surface area contributed by atoms with Crippen molar-refractivity contribution in [3.05, 3.63) is 35.4 Å². The van der Waals surface area contributed by atoms with E-state index in [1.165, 1.54) is 11.1 Å². The highest BCUT2D eigenvalue weighted by Crippen LogP contribution is 2.58. The Hall–Kier alpha value is -1.06. The maximum absolute atomic E-state index is 12.4. The van der Waals surface area contributed by atoms with Crippen LogP contribution in [0.25, 0.3) is 0 Å². The zero-order valence-corrected chi connectivity index (χ0v) is 13.6. The summed E-state index contributed by atoms with van der Waals surface area (Å²) >= 11 is 0. The number of piperidine rings is 1. The summed E-state index contributed by atoms with van der Waals surface area (Å²) in [6.07, 6.45) is 3.40. The monoisotopic (exact) mass is 308 g/mol. The van der Waals surface area contributed by atoms with Gasteiger partial charge in [0.15, 0.2) is 0 Å². The Morgan fingerprint density at radius 1 is 1.33 bits per heavy atom. The molecule has 0 aromatic heterocycles. The number of aryl methyl sites for hydroxylation is 1. The van der Waals surface area contributed by atoms with Crippen molar-refractivity contribution in [2.75, 3.05) is 13.1 Å². The zero-order chi connectivity index (χ0) is 14.2. The molecule has 2 atom stereocenters. The third-order valence-corrected chi connectivity index (χ3v) is 5.12. The zero-order valence-electron chi connectivity index (χ0n) is 12.8. The third-order valence-electron chi connectivity index (χ3n) is 5.12. The number of nitrogens with one attached hydrogen (secondary N) is 2. The Labute approximate surface area is 133 Å². The lowest BCUT2D eigenvalue weighted by atomic mass is 9.91. The molecule has 1 spiro atoms. The Kier molecular flexibility index (Phi) is 4.95. The smallest absolute Gasteiger partial charge is 0.224 e. The number of hydrogen-bond acceptors (Lipinski definition) is 2. The summed E-state index contributed by atoms with van der Waals surface area (Å²) in [5.74, 6) is 0.499. The van der Waals surface area contributed by atoms with E-state index in [0.717, 1.165) is 32.4 Å². The van der Waals surface area contributed by atoms with Crippen molar-refractivity contribution in [2.45, 2.75) is 39.2 Å². The van der Waals surface area contributed by atoms with Gasteiger partial charge in [-0.05, 0) is 62.7 Å². The highest BCUT2D eigenvalue weighted by molar-refractivity contribution is 5.85. The first-order valence-corrected chi connectivity index (χ1v) is 7.69. The second-order valence-electron chi connectivity index (χ2n) is 6.46. The van der Waals surface area contributed by atoms with Crippen molar-refractivity contribution < 1.29 is 4.79 Å². The molecule has 1 aliphatic carbocycles. The minimum atomic E-state index is 0. The summed E-state index contributed by atoms with van der Waals surface area (Å²) in [5.41, 5.74) is 2.79. The van der Waals surface area contributed by atoms with E-state index in [0.29, 0.717) is 5.41 Å². The van der Waals surface area contributed by atoms with E-state index in [1.54, 1.807) is 0 Å². The standard InChI is InChI=1S/C17H24N2O.ClH/c1-12-5-3-4-6-14(12)13(2)19-16(20)15-11-17(15)7-9-18-10-8-17;/h3-6,13,15,18H,7-11H2,1-2H3,(H,19,20);1H. The number of halogens is 1. The van der Waals surface area contributed by atoms with Crippen LogP contribution in [0.5, 0.6) is 0 Å². The van der Waals surface area contributed by atoms with E-state index in [2.05, 4.69) is 36.6 Å². The maximum Gasteiger partial charge on any atom is 0.224 e. The minimum absolute atomic E-state index is 0. The topological polar surface area (TPSA) is 41.1 Å². The van der Waals surface area contributed by atoms with Crippen LogP contribution in [0.3, 0.4) is 0 Å². The van der Waals surface area contributed by atoms with Gasteiger partial charge >= 0.3 is 0 Å². The molecule has 2 aliphatic rings. The molecule has 1 saturated carbocycles. The molecule has 0 bridgehead atoms. The fraction of sp³-hybridized carbons (Fsp3) is 0.588. The van der Waals surface area contributed by atoms with Crippen molar-refractivity contribution in [1.82, 2.24) is 10.6 Å². The van der Waals surface area contributed by atoms with Gasteiger partial charge in [0.25, 0.3) is 0 Å². The van der Waals surface area contributed by atoms with Crippen LogP contribution in [0.15, 0.2) is 24.3 Å². The molecule has 2 N–H and O–H groups in total. The van der Waals surface area contributed by atoms with Crippen LogP contribution in [0.1, 0.15) is 43.4 Å². The molecule has 2 unspecified atom stereocenters. The average Bonchev–Trinajstić information content (AvgIpc) is 3.13. The van der Waals surface area contributed by atoms with Crippen molar-refractivity contribution in [3.63, 3.8) is 0 Å². The van der Waals surface area contributed by atoms with Gasteiger partial charge in [0.1, 0.15) is 0 Å². The fourth-order valence-electron chi connectivity index (χ4n) is 3.66. The van der Waals surface area contributed by atoms with Gasteiger partial charge in [-0.15, -0.1) is 12.4 Å². The van der Waals surface area contributed by atoms with E-state index < -0.39 is 0 Å². The summed E-state index contributed by atoms with van der Waals surface area (Å²) in [7, 11) is 0. The number of hydrogen-bond donors (Lipinski definition) is 2. The van der Waals surface area contributed by atoms with Crippen molar-refractivity contribution >= 4 is 18.3 Å². The van der Waals surface area contributed by atoms with Gasteiger partial charge < -0.3 is 10.6 Å². The molecule has 4 heteroatoms. The fourth-order valence-corrected chi connectivity index (χ4v) is 3.66. The number of amides is 1. The lowest BCUT2D eigenvalue weighted by Crippen LogP contribution is -2.34. The summed E-state index contributed by atoms with van der Waals surface area (Å²) < 4.78 is 0. The lowest BCUT2D eigenvalue weighted by molar-refractivity contribution is -0.123. The van der Waals surface area contributed by atoms with Gasteiger partial charge in [0.05, 0.1) is 6.04 Å². The Morgan fingerprint density at radius 2 is 2.00 bits per heavy atom. The molecule has 21 heavy (non-hydrogen) atoms. The van der Waals surface area contributed by atoms with E-state index in [9.17, 15) is 4.79 Å². The van der Waals surface area contributed by atoms with Crippen molar-refractivity contribution in [1.29, 1.82) is 0 Å². The number of carbonyl (C=O) groups excluding carboxylic acids is 1. The van der Waals surface area contributed by atoms with Crippen molar-refractivity contribution in [2.24, 2.45) is 11.3 Å². The molecule has 3 rings (SSSR count). The van der Waals surface area contributed by atoms with Crippen LogP contribution in [0.4, 0.5) is 0 Å². The molecule has 1 amide bonds. The van der Waals surface area contributed by atoms with E-state index in [4.69, 9.17) is 0 Å². The predicted octanol–water partition coefficient (Wildman–Crippen LogP) is 2.98. The maximum atomic E-state index is 12.4. The Balaban J connectivity index is 0.00000161. The van der Waals surface area contributed by atoms with Crippen LogP contribution < -0.4 is 10.6 Å². The minimum Gasteiger partial charge on any atom is -0.349 e. The molecule has 2 fully saturated rings. The van der Waals surface area contributed by atoms with Crippen LogP contribution >= 0.6 is 12.4 Å². The van der Waals surface area contributed by atoms with E-state index in [-0.39, 0.29) is 30.3 Å². The lowest BCUT2D eigenvalue weighted by Gasteiger charge is -2.24. The van der Waals surface area contributed by atoms with Gasteiger partial charge in [0, 0.05) is 5.92 Å². The highest BCUT2D eigenvalue weighted by atomic mass is 35.5. The van der Waals surface area contributed by atoms with Gasteiger partial charge in [-0.25, -0.2) is 0 Å². The van der Waals surface area contributed by atoms with Crippen LogP contribution in [0.2, 0.25) is 0 Å². The normalized spacial score (nSPS) is 24.0. The van der Waals surface area contributed by atoms with E-state index in [1.807, 2.05) is 12.1 Å². The van der Waals surface area contributed by atoms with E-state index >= 15 is 0 Å². The number of carbonyl (C=O) groups is 1. The first kappa shape index (κ1) is 16.3. The second-order valence-corrected chi connectivity index (χ2v) is 6.46. The molecule has 1 aromatic rings. The number of benzene rings is 1. The van der Waals surface area contributed by atoms with Gasteiger partial charge in [0.2, 0.25) is 5.91 Å². The van der Waals surface area contributed by atoms with Gasteiger partial charge in [-0.2, -0.15) is 0 Å². The summed E-state index contributed by atoms with van der Waals surface area (Å²) in [5, 5.41) is 6.59. The van der Waals surface area contributed by atoms with Gasteiger partial charge in [-0.1, -0.05) is 24.3 Å². The molecular formula is C17H25ClN2O. The molecule has 1 aliphatic heterocycles. The highest BCUT2D eigenvalue weighted by Gasteiger charge is 2.57. The molecule has 3 nitrogen and oxygen atoms in total. The molecule has 1 heterocycles. The molecular weight excluding hydrogens is 284 g/mol. The first-order valence-electron chi connectivity index (χ1n) is 7.69. The molecule has 116 valence electrons. The molecule has 1 saturated heterocycles. The summed E-state index contributed by atoms with van der Waals surface area (Å²) in [6.45, 7) is 6.31. The Morgan fingerprint density at radius 3 is 2.67 bits per heavy atom. The molecule has 1 aromatic carbocycles. The first-order chi connectivity index (χ1) is 9.62. The predicted molar refractivity (Wildman–Crippen MR) is 87.6 cm³/mol. The average molecular weight is 309 g/mol. The summed E-state index contributed by atoms with van der Waals surface area (Å²) in [6, 6.07) is 8.38. The van der Waals surface area contributed by atoms with Gasteiger partial charge in [-0.3, -0.25) is 4.79 Å². The SMILES string of the molecule is Cc1ccccc1C(C)NC(=O)C1CC12CCNCC2.Cl. The molecule has 0 radical (unpaired) electrons. The largest absolute Gasteiger partial charge is 0.349 e. The second kappa shape index (κ2) is 6.37. The van der Waals surface area contributed by atoms with Crippen molar-refractivity contribution in [3.8, 4) is 0 Å². The van der Waals surface area contributed by atoms with Crippen LogP contribution in [-0.2, 0) is 4.79 Å². The third kappa shape index (κ3) is 3.24. The summed E-state index contributed by atoms with van der Waals surface area (Å²) in [4.78, 5) is 12.4. The van der Waals surface area contributed by atoms with Crippen LogP contribution in [-0.4, -0.2) is 19.0 Å². The quantitative estimate of drug-likeness (QED) is 0.901. The Bertz CT molecular complexity index is 511.